The van der Waals surface area contributed by atoms with Crippen molar-refractivity contribution in [3.05, 3.63) is 47.0 Å². The summed E-state index contributed by atoms with van der Waals surface area (Å²) in [4.78, 5) is 6.82. The quantitative estimate of drug-likeness (QED) is 0.795. The zero-order valence-corrected chi connectivity index (χ0v) is 16.1. The van der Waals surface area contributed by atoms with E-state index >= 15 is 0 Å². The number of rotatable bonds is 5. The molecular formula is C17H23ClN4O2S. The fourth-order valence-electron chi connectivity index (χ4n) is 3.09. The molecule has 25 heavy (non-hydrogen) atoms. The molecule has 1 saturated heterocycles. The van der Waals surface area contributed by atoms with Gasteiger partial charge in [-0.2, -0.15) is 4.31 Å². The van der Waals surface area contributed by atoms with E-state index < -0.39 is 10.0 Å². The Balaban J connectivity index is 1.61. The van der Waals surface area contributed by atoms with E-state index in [0.717, 1.165) is 32.0 Å². The molecule has 2 aromatic rings. The van der Waals surface area contributed by atoms with Gasteiger partial charge in [0.05, 0.1) is 4.90 Å². The van der Waals surface area contributed by atoms with Gasteiger partial charge in [0.1, 0.15) is 5.82 Å². The standard InChI is InChI=1S/C17H23ClN4O2S/c1-14-16(18)4-3-5-17(14)25(23,24)22-12-9-20(10-13-22)8-11-21-7-6-19-15(21)2/h3-7H,8-13H2,1-2H3. The zero-order valence-electron chi connectivity index (χ0n) is 14.5. The van der Waals surface area contributed by atoms with Gasteiger partial charge in [0, 0.05) is 56.7 Å². The number of piperazine rings is 1. The number of halogens is 1. The largest absolute Gasteiger partial charge is 0.334 e. The van der Waals surface area contributed by atoms with E-state index in [-0.39, 0.29) is 0 Å². The van der Waals surface area contributed by atoms with Gasteiger partial charge in [0.25, 0.3) is 0 Å². The number of imidazole rings is 1. The van der Waals surface area contributed by atoms with Crippen molar-refractivity contribution in [1.82, 2.24) is 18.8 Å². The molecule has 0 radical (unpaired) electrons. The highest BCUT2D eigenvalue weighted by molar-refractivity contribution is 7.89. The summed E-state index contributed by atoms with van der Waals surface area (Å²) in [5.41, 5.74) is 0.613. The summed E-state index contributed by atoms with van der Waals surface area (Å²) >= 11 is 6.09. The summed E-state index contributed by atoms with van der Waals surface area (Å²) < 4.78 is 29.5. The summed E-state index contributed by atoms with van der Waals surface area (Å²) in [5, 5.41) is 0.482. The zero-order chi connectivity index (χ0) is 18.0. The minimum absolute atomic E-state index is 0.308. The number of sulfonamides is 1. The Bertz CT molecular complexity index is 842. The molecule has 1 fully saturated rings. The van der Waals surface area contributed by atoms with Gasteiger partial charge >= 0.3 is 0 Å². The lowest BCUT2D eigenvalue weighted by Gasteiger charge is -2.34. The van der Waals surface area contributed by atoms with Crippen LogP contribution in [0.4, 0.5) is 0 Å². The fraction of sp³-hybridized carbons (Fsp3) is 0.471. The van der Waals surface area contributed by atoms with Gasteiger partial charge in [0.2, 0.25) is 10.0 Å². The normalized spacial score (nSPS) is 17.1. The summed E-state index contributed by atoms with van der Waals surface area (Å²) in [7, 11) is -3.50. The topological polar surface area (TPSA) is 58.4 Å². The molecule has 0 aliphatic carbocycles. The fourth-order valence-corrected chi connectivity index (χ4v) is 4.99. The number of benzene rings is 1. The molecule has 0 N–H and O–H groups in total. The van der Waals surface area contributed by atoms with Gasteiger partial charge < -0.3 is 4.57 Å². The first-order valence-electron chi connectivity index (χ1n) is 8.35. The third-order valence-corrected chi connectivity index (χ3v) is 7.20. The molecule has 1 aromatic heterocycles. The van der Waals surface area contributed by atoms with Crippen molar-refractivity contribution in [3.8, 4) is 0 Å². The summed E-state index contributed by atoms with van der Waals surface area (Å²) in [6.07, 6.45) is 3.77. The molecule has 0 atom stereocenters. The van der Waals surface area contributed by atoms with Crippen LogP contribution in [0, 0.1) is 13.8 Å². The van der Waals surface area contributed by atoms with E-state index in [9.17, 15) is 8.42 Å². The molecular weight excluding hydrogens is 360 g/mol. The van der Waals surface area contributed by atoms with Crippen LogP contribution in [0.5, 0.6) is 0 Å². The first-order chi connectivity index (χ1) is 11.9. The molecule has 1 aliphatic rings. The van der Waals surface area contributed by atoms with Crippen LogP contribution >= 0.6 is 11.6 Å². The van der Waals surface area contributed by atoms with Crippen molar-refractivity contribution < 1.29 is 8.42 Å². The number of nitrogens with zero attached hydrogens (tertiary/aromatic N) is 4. The molecule has 1 aliphatic heterocycles. The van der Waals surface area contributed by atoms with Gasteiger partial charge in [-0.3, -0.25) is 4.90 Å². The van der Waals surface area contributed by atoms with E-state index in [0.29, 0.717) is 28.6 Å². The van der Waals surface area contributed by atoms with E-state index in [1.54, 1.807) is 35.6 Å². The number of hydrogen-bond donors (Lipinski definition) is 0. The first kappa shape index (κ1) is 18.4. The van der Waals surface area contributed by atoms with Crippen LogP contribution in [0.2, 0.25) is 5.02 Å². The molecule has 1 aromatic carbocycles. The Kier molecular flexibility index (Phi) is 5.48. The van der Waals surface area contributed by atoms with E-state index in [4.69, 9.17) is 11.6 Å². The van der Waals surface area contributed by atoms with Crippen LogP contribution in [-0.4, -0.2) is 59.9 Å². The Morgan fingerprint density at radius 3 is 2.48 bits per heavy atom. The average molecular weight is 383 g/mol. The highest BCUT2D eigenvalue weighted by atomic mass is 35.5. The van der Waals surface area contributed by atoms with Crippen LogP contribution in [0.15, 0.2) is 35.5 Å². The summed E-state index contributed by atoms with van der Waals surface area (Å²) in [6.45, 7) is 7.94. The summed E-state index contributed by atoms with van der Waals surface area (Å²) in [5.74, 6) is 0.998. The van der Waals surface area contributed by atoms with Gasteiger partial charge in [-0.1, -0.05) is 17.7 Å². The Morgan fingerprint density at radius 2 is 1.84 bits per heavy atom. The number of aryl methyl sites for hydroxylation is 1. The van der Waals surface area contributed by atoms with Crippen LogP contribution in [-0.2, 0) is 16.6 Å². The molecule has 0 unspecified atom stereocenters. The van der Waals surface area contributed by atoms with Gasteiger partial charge in [0.15, 0.2) is 0 Å². The van der Waals surface area contributed by atoms with Gasteiger partial charge in [-0.25, -0.2) is 13.4 Å². The van der Waals surface area contributed by atoms with Crippen LogP contribution in [0.1, 0.15) is 11.4 Å². The molecule has 6 nitrogen and oxygen atoms in total. The Hall–Kier alpha value is -1.41. The molecule has 0 bridgehead atoms. The monoisotopic (exact) mass is 382 g/mol. The minimum atomic E-state index is -3.50. The second-order valence-electron chi connectivity index (χ2n) is 6.28. The predicted molar refractivity (Wildman–Crippen MR) is 98.4 cm³/mol. The summed E-state index contributed by atoms with van der Waals surface area (Å²) in [6, 6.07) is 5.03. The lowest BCUT2D eigenvalue weighted by Crippen LogP contribution is -2.49. The molecule has 0 amide bonds. The Morgan fingerprint density at radius 1 is 1.12 bits per heavy atom. The van der Waals surface area contributed by atoms with Crippen molar-refractivity contribution in [1.29, 1.82) is 0 Å². The molecule has 0 saturated carbocycles. The van der Waals surface area contributed by atoms with E-state index in [2.05, 4.69) is 14.5 Å². The van der Waals surface area contributed by atoms with Gasteiger partial charge in [-0.05, 0) is 31.5 Å². The number of hydrogen-bond acceptors (Lipinski definition) is 4. The molecule has 8 heteroatoms. The third kappa shape index (κ3) is 3.89. The first-order valence-corrected chi connectivity index (χ1v) is 10.2. The lowest BCUT2D eigenvalue weighted by molar-refractivity contribution is 0.182. The smallest absolute Gasteiger partial charge is 0.243 e. The van der Waals surface area contributed by atoms with Gasteiger partial charge in [-0.15, -0.1) is 0 Å². The highest BCUT2D eigenvalue weighted by Gasteiger charge is 2.29. The van der Waals surface area contributed by atoms with Crippen molar-refractivity contribution >= 4 is 21.6 Å². The second-order valence-corrected chi connectivity index (χ2v) is 8.59. The van der Waals surface area contributed by atoms with Crippen molar-refractivity contribution in [2.45, 2.75) is 25.3 Å². The molecule has 2 heterocycles. The third-order valence-electron chi connectivity index (χ3n) is 4.75. The maximum Gasteiger partial charge on any atom is 0.243 e. The molecule has 0 spiro atoms. The molecule has 3 rings (SSSR count). The highest BCUT2D eigenvalue weighted by Crippen LogP contribution is 2.26. The maximum absolute atomic E-state index is 12.9. The van der Waals surface area contributed by atoms with Crippen LogP contribution < -0.4 is 0 Å². The van der Waals surface area contributed by atoms with E-state index in [1.165, 1.54) is 0 Å². The van der Waals surface area contributed by atoms with E-state index in [1.807, 2.05) is 13.1 Å². The second kappa shape index (κ2) is 7.45. The van der Waals surface area contributed by atoms with Crippen LogP contribution in [0.25, 0.3) is 0 Å². The molecule has 136 valence electrons. The lowest BCUT2D eigenvalue weighted by atomic mass is 10.2. The van der Waals surface area contributed by atoms with Crippen LogP contribution in [0.3, 0.4) is 0 Å². The van der Waals surface area contributed by atoms with Crippen molar-refractivity contribution in [2.75, 3.05) is 32.7 Å². The predicted octanol–water partition coefficient (Wildman–Crippen LogP) is 2.16. The maximum atomic E-state index is 12.9. The minimum Gasteiger partial charge on any atom is -0.334 e. The average Bonchev–Trinajstić information content (AvgIpc) is 3.01. The Labute approximate surface area is 154 Å². The van der Waals surface area contributed by atoms with Crippen molar-refractivity contribution in [2.24, 2.45) is 0 Å². The van der Waals surface area contributed by atoms with Crippen molar-refractivity contribution in [3.63, 3.8) is 0 Å². The SMILES string of the molecule is Cc1c(Cl)cccc1S(=O)(=O)N1CCN(CCn2ccnc2C)CC1. The number of aromatic nitrogens is 2.